The van der Waals surface area contributed by atoms with Crippen molar-refractivity contribution in [2.24, 2.45) is 5.10 Å². The minimum absolute atomic E-state index is 0.0508. The molecule has 0 aliphatic heterocycles. The van der Waals surface area contributed by atoms with Crippen molar-refractivity contribution in [3.8, 4) is 17.2 Å². The van der Waals surface area contributed by atoms with Gasteiger partial charge in [0.2, 0.25) is 11.8 Å². The van der Waals surface area contributed by atoms with Crippen molar-refractivity contribution in [1.29, 1.82) is 0 Å². The van der Waals surface area contributed by atoms with Crippen molar-refractivity contribution in [3.63, 3.8) is 0 Å². The lowest BCUT2D eigenvalue weighted by Crippen LogP contribution is -2.24. The molecule has 3 aromatic rings. The third-order valence-electron chi connectivity index (χ3n) is 4.79. The fourth-order valence-electron chi connectivity index (χ4n) is 3.02. The normalized spacial score (nSPS) is 10.5. The molecule has 37 heavy (non-hydrogen) atoms. The van der Waals surface area contributed by atoms with Crippen LogP contribution in [0.4, 0.5) is 15.8 Å². The first-order valence-electron chi connectivity index (χ1n) is 11.0. The molecule has 11 heteroatoms. The summed E-state index contributed by atoms with van der Waals surface area (Å²) in [5.74, 6) is -0.962. The molecule has 0 atom stereocenters. The zero-order chi connectivity index (χ0) is 26.6. The molecule has 0 radical (unpaired) electrons. The Hall–Kier alpha value is -4.93. The van der Waals surface area contributed by atoms with Gasteiger partial charge in [-0.2, -0.15) is 5.10 Å². The third-order valence-corrected chi connectivity index (χ3v) is 4.79. The Morgan fingerprint density at radius 1 is 0.865 bits per heavy atom. The molecule has 0 spiro atoms. The number of benzene rings is 3. The number of nitrogens with one attached hydrogen (secondary N) is 3. The number of carbonyl (C=O) groups excluding carboxylic acids is 3. The van der Waals surface area contributed by atoms with Gasteiger partial charge in [0.05, 0.1) is 26.1 Å². The van der Waals surface area contributed by atoms with Gasteiger partial charge >= 0.3 is 0 Å². The Labute approximate surface area is 212 Å². The number of nitrogens with zero attached hydrogens (tertiary/aromatic N) is 1. The minimum Gasteiger partial charge on any atom is -0.497 e. The molecule has 3 aromatic carbocycles. The Kier molecular flexibility index (Phi) is 9.54. The Bertz CT molecular complexity index is 1280. The Morgan fingerprint density at radius 2 is 1.62 bits per heavy atom. The number of halogens is 1. The summed E-state index contributed by atoms with van der Waals surface area (Å²) >= 11 is 0. The van der Waals surface area contributed by atoms with Crippen LogP contribution in [0.15, 0.2) is 71.8 Å². The molecular formula is C26H25FN4O6. The number of anilines is 2. The van der Waals surface area contributed by atoms with E-state index >= 15 is 0 Å². The van der Waals surface area contributed by atoms with Gasteiger partial charge in [-0.3, -0.25) is 14.4 Å². The molecule has 192 valence electrons. The predicted octanol–water partition coefficient (Wildman–Crippen LogP) is 3.34. The van der Waals surface area contributed by atoms with Gasteiger partial charge in [-0.25, -0.2) is 9.82 Å². The highest BCUT2D eigenvalue weighted by atomic mass is 19.1. The largest absolute Gasteiger partial charge is 0.497 e. The van der Waals surface area contributed by atoms with Crippen LogP contribution in [0.25, 0.3) is 0 Å². The van der Waals surface area contributed by atoms with Crippen LogP contribution in [-0.2, 0) is 14.4 Å². The molecule has 10 nitrogen and oxygen atoms in total. The second-order valence-electron chi connectivity index (χ2n) is 7.47. The van der Waals surface area contributed by atoms with E-state index in [1.165, 1.54) is 38.6 Å². The number of amides is 3. The standard InChI is InChI=1S/C26H25FN4O6/c1-35-19-10-8-18(9-11-19)29-24(32)14-25(33)31-28-15-17-7-12-22(23(13-17)36-2)37-16-26(34)30-21-6-4-3-5-20(21)27/h3-13,15H,14,16H2,1-2H3,(H,29,32)(H,30,34)(H,31,33). The molecule has 0 unspecified atom stereocenters. The highest BCUT2D eigenvalue weighted by Gasteiger charge is 2.11. The molecule has 0 fully saturated rings. The highest BCUT2D eigenvalue weighted by molar-refractivity contribution is 6.03. The average Bonchev–Trinajstić information content (AvgIpc) is 2.89. The first kappa shape index (κ1) is 26.7. The number of rotatable bonds is 11. The van der Waals surface area contributed by atoms with Gasteiger partial charge < -0.3 is 24.8 Å². The molecule has 0 saturated heterocycles. The molecule has 0 bridgehead atoms. The second-order valence-corrected chi connectivity index (χ2v) is 7.47. The summed E-state index contributed by atoms with van der Waals surface area (Å²) in [6, 6.07) is 17.2. The van der Waals surface area contributed by atoms with E-state index in [1.54, 1.807) is 48.5 Å². The van der Waals surface area contributed by atoms with Crippen LogP contribution < -0.4 is 30.3 Å². The molecule has 3 amide bonds. The molecule has 3 N–H and O–H groups in total. The maximum Gasteiger partial charge on any atom is 0.262 e. The van der Waals surface area contributed by atoms with Crippen molar-refractivity contribution >= 4 is 35.3 Å². The predicted molar refractivity (Wildman–Crippen MR) is 135 cm³/mol. The van der Waals surface area contributed by atoms with Gasteiger partial charge in [0, 0.05) is 5.69 Å². The second kappa shape index (κ2) is 13.2. The smallest absolute Gasteiger partial charge is 0.262 e. The number of para-hydroxylation sites is 1. The van der Waals surface area contributed by atoms with E-state index in [0.29, 0.717) is 22.7 Å². The zero-order valence-corrected chi connectivity index (χ0v) is 20.1. The number of hydrazone groups is 1. The van der Waals surface area contributed by atoms with Crippen molar-refractivity contribution in [3.05, 3.63) is 78.1 Å². The van der Waals surface area contributed by atoms with Crippen molar-refractivity contribution < 1.29 is 33.0 Å². The lowest BCUT2D eigenvalue weighted by atomic mass is 10.2. The molecule has 0 aliphatic rings. The van der Waals surface area contributed by atoms with Crippen LogP contribution in [0.1, 0.15) is 12.0 Å². The van der Waals surface area contributed by atoms with Gasteiger partial charge in [0.15, 0.2) is 18.1 Å². The van der Waals surface area contributed by atoms with Crippen LogP contribution in [0.2, 0.25) is 0 Å². The summed E-state index contributed by atoms with van der Waals surface area (Å²) in [6.07, 6.45) is 0.935. The Morgan fingerprint density at radius 3 is 2.32 bits per heavy atom. The number of hydrogen-bond acceptors (Lipinski definition) is 7. The van der Waals surface area contributed by atoms with E-state index in [1.807, 2.05) is 0 Å². The van der Waals surface area contributed by atoms with Crippen LogP contribution in [-0.4, -0.2) is 44.8 Å². The molecular weight excluding hydrogens is 483 g/mol. The minimum atomic E-state index is -0.602. The molecule has 0 aromatic heterocycles. The number of ether oxygens (including phenoxy) is 3. The lowest BCUT2D eigenvalue weighted by molar-refractivity contribution is -0.126. The van der Waals surface area contributed by atoms with E-state index < -0.39 is 30.0 Å². The average molecular weight is 509 g/mol. The van der Waals surface area contributed by atoms with E-state index in [0.717, 1.165) is 0 Å². The first-order valence-corrected chi connectivity index (χ1v) is 11.0. The van der Waals surface area contributed by atoms with Crippen LogP contribution >= 0.6 is 0 Å². The maximum atomic E-state index is 13.7. The van der Waals surface area contributed by atoms with E-state index in [2.05, 4.69) is 21.2 Å². The summed E-state index contributed by atoms with van der Waals surface area (Å²) in [5.41, 5.74) is 3.42. The molecule has 0 saturated carbocycles. The maximum absolute atomic E-state index is 13.7. The van der Waals surface area contributed by atoms with E-state index in [9.17, 15) is 18.8 Å². The van der Waals surface area contributed by atoms with Crippen LogP contribution in [0, 0.1) is 5.82 Å². The quantitative estimate of drug-likeness (QED) is 0.207. The van der Waals surface area contributed by atoms with E-state index in [4.69, 9.17) is 14.2 Å². The highest BCUT2D eigenvalue weighted by Crippen LogP contribution is 2.27. The summed E-state index contributed by atoms with van der Waals surface area (Å²) in [5, 5.41) is 8.87. The van der Waals surface area contributed by atoms with Gasteiger partial charge in [-0.1, -0.05) is 12.1 Å². The molecule has 0 aliphatic carbocycles. The molecule has 0 heterocycles. The van der Waals surface area contributed by atoms with Gasteiger partial charge in [-0.15, -0.1) is 0 Å². The summed E-state index contributed by atoms with van der Waals surface area (Å²) in [6.45, 7) is -0.368. The van der Waals surface area contributed by atoms with Gasteiger partial charge in [0.25, 0.3) is 5.91 Å². The first-order chi connectivity index (χ1) is 17.9. The van der Waals surface area contributed by atoms with Crippen molar-refractivity contribution in [1.82, 2.24) is 5.43 Å². The van der Waals surface area contributed by atoms with E-state index in [-0.39, 0.29) is 18.0 Å². The Balaban J connectivity index is 1.47. The number of methoxy groups -OCH3 is 2. The topological polar surface area (TPSA) is 127 Å². The van der Waals surface area contributed by atoms with Gasteiger partial charge in [0.1, 0.15) is 18.0 Å². The van der Waals surface area contributed by atoms with Crippen LogP contribution in [0.3, 0.4) is 0 Å². The summed E-state index contributed by atoms with van der Waals surface area (Å²) in [7, 11) is 2.96. The van der Waals surface area contributed by atoms with Gasteiger partial charge in [-0.05, 0) is 60.2 Å². The van der Waals surface area contributed by atoms with Crippen LogP contribution in [0.5, 0.6) is 17.2 Å². The van der Waals surface area contributed by atoms with Crippen molar-refractivity contribution in [2.45, 2.75) is 6.42 Å². The number of hydrogen-bond donors (Lipinski definition) is 3. The molecule has 3 rings (SSSR count). The van der Waals surface area contributed by atoms with Crippen molar-refractivity contribution in [2.75, 3.05) is 31.5 Å². The monoisotopic (exact) mass is 508 g/mol. The summed E-state index contributed by atoms with van der Waals surface area (Å²) < 4.78 is 29.5. The zero-order valence-electron chi connectivity index (χ0n) is 20.1. The summed E-state index contributed by atoms with van der Waals surface area (Å²) in [4.78, 5) is 36.1. The third kappa shape index (κ3) is 8.35. The fraction of sp³-hybridized carbons (Fsp3) is 0.154. The number of carbonyl (C=O) groups is 3. The SMILES string of the molecule is COc1ccc(NC(=O)CC(=O)NN=Cc2ccc(OCC(=O)Nc3ccccc3F)c(OC)c2)cc1. The lowest BCUT2D eigenvalue weighted by Gasteiger charge is -2.11. The fourth-order valence-corrected chi connectivity index (χ4v) is 3.02.